The van der Waals surface area contributed by atoms with Gasteiger partial charge in [0.05, 0.1) is 7.92 Å². The fourth-order valence-electron chi connectivity index (χ4n) is 3.80. The first-order chi connectivity index (χ1) is 20.9. The predicted octanol–water partition coefficient (Wildman–Crippen LogP) is 8.74. The maximum atomic E-state index is 6.69. The van der Waals surface area contributed by atoms with E-state index >= 15 is 0 Å². The van der Waals surface area contributed by atoms with Crippen LogP contribution in [0.1, 0.15) is 5.56 Å². The first kappa shape index (κ1) is 41.8. The van der Waals surface area contributed by atoms with E-state index in [1.807, 2.05) is 121 Å². The smallest absolute Gasteiger partial charge is 0.813 e. The fraction of sp³-hybridized carbons (Fsp3) is 0. The molecule has 0 aromatic heterocycles. The molecule has 0 saturated carbocycles. The first-order valence-corrected chi connectivity index (χ1v) is 15.4. The van der Waals surface area contributed by atoms with Gasteiger partial charge in [-0.3, -0.25) is 5.92 Å². The molecule has 0 fully saturated rings. The molecule has 0 spiro atoms. The van der Waals surface area contributed by atoms with Gasteiger partial charge in [0.25, 0.3) is 0 Å². The van der Waals surface area contributed by atoms with Crippen LogP contribution in [0, 0.1) is 12.3 Å². The summed E-state index contributed by atoms with van der Waals surface area (Å²) in [5.41, 5.74) is 0.826. The Morgan fingerprint density at radius 2 is 0.689 bits per heavy atom. The number of hydrogen-bond donors (Lipinski definition) is 0. The van der Waals surface area contributed by atoms with Gasteiger partial charge in [0, 0.05) is 26.2 Å². The van der Waals surface area contributed by atoms with E-state index in [9.17, 15) is 0 Å². The maximum absolute atomic E-state index is 6.69. The monoisotopic (exact) mass is 784 g/mol. The van der Waals surface area contributed by atoms with Crippen molar-refractivity contribution in [3.63, 3.8) is 0 Å². The van der Waals surface area contributed by atoms with Crippen molar-refractivity contribution in [2.75, 3.05) is 0 Å². The van der Waals surface area contributed by atoms with Crippen molar-refractivity contribution in [3.05, 3.63) is 224 Å². The van der Waals surface area contributed by atoms with Crippen LogP contribution in [0.2, 0.25) is 0 Å². The van der Waals surface area contributed by atoms with Crippen molar-refractivity contribution in [2.24, 2.45) is 0 Å². The molecule has 0 atom stereocenters. The summed E-state index contributed by atoms with van der Waals surface area (Å²) in [6, 6.07) is 71.9. The second-order valence-electron chi connectivity index (χ2n) is 8.85. The van der Waals surface area contributed by atoms with Gasteiger partial charge in [0.2, 0.25) is 0 Å². The van der Waals surface area contributed by atoms with E-state index in [4.69, 9.17) is 6.42 Å². The quantitative estimate of drug-likeness (QED) is 0.0432. The topological polar surface area (TPSA) is 0 Å². The van der Waals surface area contributed by atoms with Crippen LogP contribution in [-0.4, -0.2) is 0 Å². The van der Waals surface area contributed by atoms with E-state index in [1.165, 1.54) is 15.9 Å². The molecule has 0 amide bonds. The number of hydrogen-bond acceptors (Lipinski definition) is 1. The molecule has 0 bridgehead atoms. The summed E-state index contributed by atoms with van der Waals surface area (Å²) >= 11 is 0. The summed E-state index contributed by atoms with van der Waals surface area (Å²) in [5, 5.41) is 4.31. The molecule has 7 aromatic rings. The minimum absolute atomic E-state index is 0. The second kappa shape index (κ2) is 28.3. The second-order valence-corrected chi connectivity index (χ2v) is 11.3. The molecule has 0 aliphatic heterocycles. The van der Waals surface area contributed by atoms with Gasteiger partial charge in [0.15, 0.2) is 0 Å². The first-order valence-electron chi connectivity index (χ1n) is 13.9. The van der Waals surface area contributed by atoms with Crippen molar-refractivity contribution in [1.29, 1.82) is 0 Å². The third-order valence-electron chi connectivity index (χ3n) is 5.77. The summed E-state index contributed by atoms with van der Waals surface area (Å²) in [5.74, 6) is 2.28. The average molecular weight is 785 g/mol. The van der Waals surface area contributed by atoms with Gasteiger partial charge in [-0.25, -0.2) is 24.3 Å². The summed E-state index contributed by atoms with van der Waals surface area (Å²) in [6.45, 7) is 0. The number of rotatable bonds is 3. The predicted molar refractivity (Wildman–Crippen MR) is 194 cm³/mol. The molecule has 0 nitrogen and oxygen atoms in total. The minimum Gasteiger partial charge on any atom is -0.813 e. The molecule has 0 unspecified atom stereocenters. The summed E-state index contributed by atoms with van der Waals surface area (Å²) in [7, 11) is -0.877. The summed E-state index contributed by atoms with van der Waals surface area (Å²) in [4.78, 5) is 0. The standard InChI is InChI=1S/C18H15P.C8H5.3C5H5.Ru.H2S.Zr/c1-4-10-16(11-5-1)19(17-12-6-2-7-13-17)18-14-8-3-9-15-18;1-2-8-6-4-3-5-7-8;3*1-2-4-5-3-1;;;/h1-15H;3-7H;3*1-5H;;1H2;/q;-1;-5;2*-1;+6;;. The van der Waals surface area contributed by atoms with Crippen LogP contribution in [0.5, 0.6) is 0 Å². The third-order valence-corrected chi connectivity index (χ3v) is 8.50. The molecular weight excluding hydrogens is 748 g/mol. The van der Waals surface area contributed by atoms with Crippen molar-refractivity contribution in [3.8, 4) is 5.92 Å². The van der Waals surface area contributed by atoms with Gasteiger partial charge in [0.1, 0.15) is 15.9 Å². The molecule has 7 aromatic carbocycles. The van der Waals surface area contributed by atoms with Gasteiger partial charge in [-0.05, 0) is 36.4 Å². The van der Waals surface area contributed by atoms with E-state index in [2.05, 4.69) is 96.9 Å². The molecule has 7 rings (SSSR count). The normalized spacial score (nSPS) is 8.53. The molecule has 0 aliphatic rings. The van der Waals surface area contributed by atoms with Crippen LogP contribution < -0.4 is 15.9 Å². The molecule has 0 aliphatic carbocycles. The van der Waals surface area contributed by atoms with Gasteiger partial charge in [-0.1, -0.05) is 72.8 Å². The minimum atomic E-state index is -0.877. The summed E-state index contributed by atoms with van der Waals surface area (Å²) in [6.07, 6.45) is 6.69. The SMILES string of the molecule is [C-]#Cc1ccccc1.[Ru+6].[SH-].[Zr].[cH-]1[cH-][cH-][cH-][cH-]1.c1cc[cH-]c1.c1cc[cH-]c1.c1ccc([PH+](c2ccccc2)c2ccccc2)cc1. The Bertz CT molecular complexity index is 1340. The Morgan fingerprint density at radius 3 is 0.889 bits per heavy atom. The van der Waals surface area contributed by atoms with E-state index < -0.39 is 7.92 Å². The Balaban J connectivity index is 0.000000616. The fourth-order valence-corrected chi connectivity index (χ4v) is 6.38. The Kier molecular flexibility index (Phi) is 26.2. The van der Waals surface area contributed by atoms with Crippen LogP contribution in [0.15, 0.2) is 212 Å². The van der Waals surface area contributed by atoms with E-state index in [0.29, 0.717) is 0 Å². The van der Waals surface area contributed by atoms with Gasteiger partial charge >= 0.3 is 19.5 Å². The Morgan fingerprint density at radius 1 is 0.422 bits per heavy atom. The van der Waals surface area contributed by atoms with Crippen molar-refractivity contribution in [2.45, 2.75) is 0 Å². The van der Waals surface area contributed by atoms with Crippen molar-refractivity contribution < 1.29 is 45.7 Å². The van der Waals surface area contributed by atoms with Crippen LogP contribution >= 0.6 is 7.92 Å². The van der Waals surface area contributed by atoms with E-state index in [-0.39, 0.29) is 59.2 Å². The zero-order valence-corrected chi connectivity index (χ0v) is 31.1. The number of thiol groups is 1. The van der Waals surface area contributed by atoms with Gasteiger partial charge < -0.3 is 50.3 Å². The van der Waals surface area contributed by atoms with Crippen molar-refractivity contribution in [1.82, 2.24) is 0 Å². The largest absolute Gasteiger partial charge is 6.00 e. The molecule has 4 heteroatoms. The number of benzene rings is 4. The van der Waals surface area contributed by atoms with Crippen LogP contribution in [-0.2, 0) is 59.2 Å². The molecule has 0 saturated heterocycles. The van der Waals surface area contributed by atoms with Gasteiger partial charge in [-0.2, -0.15) is 36.4 Å². The van der Waals surface area contributed by atoms with Crippen LogP contribution in [0.25, 0.3) is 0 Å². The van der Waals surface area contributed by atoms with Gasteiger partial charge in [-0.15, -0.1) is 17.7 Å². The molecule has 45 heavy (non-hydrogen) atoms. The zero-order valence-electron chi connectivity index (χ0n) is 25.0. The third kappa shape index (κ3) is 18.4. The molecule has 0 heterocycles. The molecule has 226 valence electrons. The maximum Gasteiger partial charge on any atom is 6.00 e. The molecular formula is C41H37PRuSZr-2. The van der Waals surface area contributed by atoms with E-state index in [1.54, 1.807) is 0 Å². The van der Waals surface area contributed by atoms with E-state index in [0.717, 1.165) is 5.56 Å². The molecule has 0 radical (unpaired) electrons. The molecule has 0 N–H and O–H groups in total. The average Bonchev–Trinajstić information content (AvgIpc) is 3.91. The zero-order chi connectivity index (χ0) is 29.3. The van der Waals surface area contributed by atoms with Crippen LogP contribution in [0.3, 0.4) is 0 Å². The summed E-state index contributed by atoms with van der Waals surface area (Å²) < 4.78 is 0. The Labute approximate surface area is 310 Å². The Hall–Kier alpha value is -3.22. The van der Waals surface area contributed by atoms with Crippen molar-refractivity contribution >= 4 is 37.3 Å². The van der Waals surface area contributed by atoms with Crippen LogP contribution in [0.4, 0.5) is 0 Å².